The van der Waals surface area contributed by atoms with Crippen molar-refractivity contribution in [3.05, 3.63) is 28.0 Å². The Morgan fingerprint density at radius 2 is 1.92 bits per heavy atom. The van der Waals surface area contributed by atoms with Gasteiger partial charge in [-0.05, 0) is 25.8 Å². The predicted molar refractivity (Wildman–Crippen MR) is 92.7 cm³/mol. The van der Waals surface area contributed by atoms with Crippen LogP contribution < -0.4 is 10.6 Å². The molecule has 0 aliphatic heterocycles. The topological polar surface area (TPSA) is 97.4 Å². The second-order valence-electron chi connectivity index (χ2n) is 5.84. The zero-order valence-electron chi connectivity index (χ0n) is 13.7. The molecule has 25 heavy (non-hydrogen) atoms. The molecule has 2 rings (SSSR count). The third-order valence-corrected chi connectivity index (χ3v) is 4.55. The van der Waals surface area contributed by atoms with Crippen molar-refractivity contribution in [1.82, 2.24) is 15.6 Å². The number of ether oxygens (including phenoxy) is 1. The summed E-state index contributed by atoms with van der Waals surface area (Å²) in [6.07, 6.45) is 5.12. The van der Waals surface area contributed by atoms with Gasteiger partial charge in [-0.2, -0.15) is 0 Å². The monoisotopic (exact) mass is 387 g/mol. The van der Waals surface area contributed by atoms with Gasteiger partial charge in [-0.15, -0.1) is 0 Å². The van der Waals surface area contributed by atoms with Crippen LogP contribution in [-0.4, -0.2) is 35.0 Å². The number of urea groups is 1. The van der Waals surface area contributed by atoms with E-state index in [9.17, 15) is 14.4 Å². The number of halogens is 2. The van der Waals surface area contributed by atoms with Crippen LogP contribution in [0.4, 0.5) is 4.79 Å². The van der Waals surface area contributed by atoms with E-state index in [0.717, 1.165) is 32.1 Å². The van der Waals surface area contributed by atoms with E-state index in [1.54, 1.807) is 0 Å². The van der Waals surface area contributed by atoms with E-state index in [1.165, 1.54) is 19.2 Å². The quantitative estimate of drug-likeness (QED) is 0.610. The maximum atomic E-state index is 12.0. The van der Waals surface area contributed by atoms with Crippen molar-refractivity contribution < 1.29 is 19.1 Å². The Balaban J connectivity index is 1.83. The summed E-state index contributed by atoms with van der Waals surface area (Å²) in [7, 11) is 0. The van der Waals surface area contributed by atoms with Crippen LogP contribution in [0.15, 0.2) is 12.3 Å². The second kappa shape index (κ2) is 9.01. The fraction of sp³-hybridized carbons (Fsp3) is 0.500. The summed E-state index contributed by atoms with van der Waals surface area (Å²) < 4.78 is 5.01. The number of nitrogens with zero attached hydrogens (tertiary/aromatic N) is 1. The van der Waals surface area contributed by atoms with E-state index in [2.05, 4.69) is 15.6 Å². The van der Waals surface area contributed by atoms with Gasteiger partial charge >= 0.3 is 12.0 Å². The molecule has 9 heteroatoms. The predicted octanol–water partition coefficient (Wildman–Crippen LogP) is 3.09. The Kier molecular flexibility index (Phi) is 7.01. The Labute approximate surface area is 155 Å². The molecule has 1 aromatic rings. The highest BCUT2D eigenvalue weighted by Crippen LogP contribution is 2.20. The number of hydrogen-bond acceptors (Lipinski definition) is 5. The standard InChI is InChI=1S/C16H19Cl2N3O4/c1-9(25-15(23)10-7-12(17)13(18)19-8-10)14(22)21-16(24)20-11-5-3-2-4-6-11/h7-9,11H,2-6H2,1H3,(H2,20,21,22,24)/t9-/m1/s1. The molecule has 1 aliphatic rings. The molecule has 1 aromatic heterocycles. The van der Waals surface area contributed by atoms with Gasteiger partial charge in [-0.1, -0.05) is 42.5 Å². The van der Waals surface area contributed by atoms with Gasteiger partial charge in [0.1, 0.15) is 5.15 Å². The largest absolute Gasteiger partial charge is 0.449 e. The molecule has 0 aromatic carbocycles. The van der Waals surface area contributed by atoms with Crippen molar-refractivity contribution in [3.8, 4) is 0 Å². The summed E-state index contributed by atoms with van der Waals surface area (Å²) in [5.74, 6) is -1.50. The summed E-state index contributed by atoms with van der Waals surface area (Å²) >= 11 is 11.5. The molecule has 7 nitrogen and oxygen atoms in total. The molecule has 0 bridgehead atoms. The van der Waals surface area contributed by atoms with Crippen LogP contribution in [-0.2, 0) is 9.53 Å². The average Bonchev–Trinajstić information content (AvgIpc) is 2.57. The van der Waals surface area contributed by atoms with Crippen LogP contribution in [0, 0.1) is 0 Å². The van der Waals surface area contributed by atoms with Crippen LogP contribution >= 0.6 is 23.2 Å². The summed E-state index contributed by atoms with van der Waals surface area (Å²) in [6, 6.07) is 0.775. The van der Waals surface area contributed by atoms with E-state index >= 15 is 0 Å². The molecule has 136 valence electrons. The molecule has 2 N–H and O–H groups in total. The van der Waals surface area contributed by atoms with Gasteiger partial charge in [0.05, 0.1) is 10.6 Å². The molecule has 1 saturated carbocycles. The van der Waals surface area contributed by atoms with Gasteiger partial charge in [0, 0.05) is 12.2 Å². The lowest BCUT2D eigenvalue weighted by Gasteiger charge is -2.23. The van der Waals surface area contributed by atoms with Crippen molar-refractivity contribution in [2.75, 3.05) is 0 Å². The van der Waals surface area contributed by atoms with E-state index < -0.39 is 24.0 Å². The molecule has 0 radical (unpaired) electrons. The number of pyridine rings is 1. The van der Waals surface area contributed by atoms with Crippen molar-refractivity contribution in [2.24, 2.45) is 0 Å². The zero-order chi connectivity index (χ0) is 18.4. The van der Waals surface area contributed by atoms with Gasteiger partial charge in [0.25, 0.3) is 5.91 Å². The highest BCUT2D eigenvalue weighted by atomic mass is 35.5. The molecule has 0 spiro atoms. The molecular weight excluding hydrogens is 369 g/mol. The van der Waals surface area contributed by atoms with E-state index in [4.69, 9.17) is 27.9 Å². The van der Waals surface area contributed by atoms with Gasteiger partial charge in [0.2, 0.25) is 0 Å². The molecular formula is C16H19Cl2N3O4. The molecule has 0 saturated heterocycles. The van der Waals surface area contributed by atoms with Crippen LogP contribution in [0.3, 0.4) is 0 Å². The molecule has 1 heterocycles. The van der Waals surface area contributed by atoms with E-state index in [-0.39, 0.29) is 21.8 Å². The minimum atomic E-state index is -1.15. The average molecular weight is 388 g/mol. The Morgan fingerprint density at radius 1 is 1.24 bits per heavy atom. The molecule has 1 atom stereocenters. The second-order valence-corrected chi connectivity index (χ2v) is 6.61. The van der Waals surface area contributed by atoms with Gasteiger partial charge in [-0.25, -0.2) is 14.6 Å². The van der Waals surface area contributed by atoms with Crippen molar-refractivity contribution in [2.45, 2.75) is 51.2 Å². The van der Waals surface area contributed by atoms with Crippen LogP contribution in [0.1, 0.15) is 49.4 Å². The minimum Gasteiger partial charge on any atom is -0.449 e. The number of imide groups is 1. The number of esters is 1. The lowest BCUT2D eigenvalue weighted by Crippen LogP contribution is -2.48. The van der Waals surface area contributed by atoms with Crippen molar-refractivity contribution in [1.29, 1.82) is 0 Å². The number of carbonyl (C=O) groups is 3. The van der Waals surface area contributed by atoms with Crippen molar-refractivity contribution in [3.63, 3.8) is 0 Å². The lowest BCUT2D eigenvalue weighted by molar-refractivity contribution is -0.127. The Hall–Kier alpha value is -1.86. The zero-order valence-corrected chi connectivity index (χ0v) is 15.2. The number of aromatic nitrogens is 1. The summed E-state index contributed by atoms with van der Waals surface area (Å²) in [6.45, 7) is 1.37. The highest BCUT2D eigenvalue weighted by molar-refractivity contribution is 6.41. The fourth-order valence-corrected chi connectivity index (χ4v) is 2.77. The fourth-order valence-electron chi connectivity index (χ4n) is 2.50. The summed E-state index contributed by atoms with van der Waals surface area (Å²) in [5.41, 5.74) is 0.0562. The third-order valence-electron chi connectivity index (χ3n) is 3.86. The van der Waals surface area contributed by atoms with Gasteiger partial charge in [0.15, 0.2) is 6.10 Å². The third kappa shape index (κ3) is 5.86. The minimum absolute atomic E-state index is 0.0562. The maximum Gasteiger partial charge on any atom is 0.340 e. The molecule has 3 amide bonds. The smallest absolute Gasteiger partial charge is 0.340 e. The summed E-state index contributed by atoms with van der Waals surface area (Å²) in [5, 5.41) is 5.08. The molecule has 1 fully saturated rings. The number of amides is 3. The number of carbonyl (C=O) groups excluding carboxylic acids is 3. The van der Waals surface area contributed by atoms with Crippen LogP contribution in [0.2, 0.25) is 10.2 Å². The highest BCUT2D eigenvalue weighted by Gasteiger charge is 2.23. The molecule has 1 aliphatic carbocycles. The van der Waals surface area contributed by atoms with Gasteiger partial charge in [-0.3, -0.25) is 10.1 Å². The summed E-state index contributed by atoms with van der Waals surface area (Å²) in [4.78, 5) is 39.5. The van der Waals surface area contributed by atoms with Gasteiger partial charge < -0.3 is 10.1 Å². The number of rotatable bonds is 4. The maximum absolute atomic E-state index is 12.0. The first-order valence-corrected chi connectivity index (χ1v) is 8.76. The molecule has 0 unspecified atom stereocenters. The Bertz CT molecular complexity index is 663. The number of nitrogens with one attached hydrogen (secondary N) is 2. The van der Waals surface area contributed by atoms with Crippen molar-refractivity contribution >= 4 is 41.1 Å². The van der Waals surface area contributed by atoms with Crippen LogP contribution in [0.25, 0.3) is 0 Å². The Morgan fingerprint density at radius 3 is 2.56 bits per heavy atom. The SMILES string of the molecule is C[C@@H](OC(=O)c1cnc(Cl)c(Cl)c1)C(=O)NC(=O)NC1CCCCC1. The van der Waals surface area contributed by atoms with Crippen LogP contribution in [0.5, 0.6) is 0 Å². The van der Waals surface area contributed by atoms with E-state index in [0.29, 0.717) is 0 Å². The first kappa shape index (κ1) is 19.5. The lowest BCUT2D eigenvalue weighted by atomic mass is 9.96. The van der Waals surface area contributed by atoms with E-state index in [1.807, 2.05) is 0 Å². The normalized spacial score (nSPS) is 16.0. The number of hydrogen-bond donors (Lipinski definition) is 2. The first-order chi connectivity index (χ1) is 11.9. The first-order valence-electron chi connectivity index (χ1n) is 8.00.